The highest BCUT2D eigenvalue weighted by molar-refractivity contribution is 9.10. The van der Waals surface area contributed by atoms with Crippen LogP contribution in [0.1, 0.15) is 44.6 Å². The summed E-state index contributed by atoms with van der Waals surface area (Å²) < 4.78 is 17.3. The zero-order chi connectivity index (χ0) is 23.4. The number of amides is 1. The molecule has 168 valence electrons. The third kappa shape index (κ3) is 3.33. The van der Waals surface area contributed by atoms with Gasteiger partial charge in [0.25, 0.3) is 5.91 Å². The van der Waals surface area contributed by atoms with Gasteiger partial charge in [-0.1, -0.05) is 6.07 Å². The molecule has 1 N–H and O–H groups in total. The number of halogens is 1. The minimum absolute atomic E-state index is 0.0131. The summed E-state index contributed by atoms with van der Waals surface area (Å²) in [5.41, 5.74) is 2.69. The van der Waals surface area contributed by atoms with Crippen LogP contribution in [0.15, 0.2) is 60.8 Å². The van der Waals surface area contributed by atoms with Crippen molar-refractivity contribution in [2.75, 3.05) is 7.11 Å². The van der Waals surface area contributed by atoms with Gasteiger partial charge in [0.05, 0.1) is 41.4 Å². The first-order chi connectivity index (χ1) is 15.8. The fourth-order valence-electron chi connectivity index (χ4n) is 4.46. The smallest absolute Gasteiger partial charge is 0.291 e. The van der Waals surface area contributed by atoms with Gasteiger partial charge in [0.15, 0.2) is 16.9 Å². The topological polar surface area (TPSA) is 93.1 Å². The van der Waals surface area contributed by atoms with E-state index in [9.17, 15) is 14.7 Å². The number of hydrogen-bond acceptors (Lipinski definition) is 6. The van der Waals surface area contributed by atoms with Crippen LogP contribution in [-0.4, -0.2) is 23.0 Å². The van der Waals surface area contributed by atoms with Crippen LogP contribution in [0.25, 0.3) is 11.0 Å². The Bertz CT molecular complexity index is 1470. The first-order valence-corrected chi connectivity index (χ1v) is 11.1. The SMILES string of the molecule is COc1cc([C@H]2c3c(oc4c(C)cc(C)cc4c3=O)C(=O)N2Cc2ccco2)cc(Br)c1O. The summed E-state index contributed by atoms with van der Waals surface area (Å²) in [6.45, 7) is 3.90. The number of carbonyl (C=O) groups is 1. The molecule has 2 aromatic heterocycles. The third-order valence-electron chi connectivity index (χ3n) is 5.89. The van der Waals surface area contributed by atoms with Crippen molar-refractivity contribution in [3.8, 4) is 11.5 Å². The summed E-state index contributed by atoms with van der Waals surface area (Å²) in [4.78, 5) is 28.8. The van der Waals surface area contributed by atoms with Crippen LogP contribution < -0.4 is 10.2 Å². The van der Waals surface area contributed by atoms with E-state index in [-0.39, 0.29) is 34.8 Å². The van der Waals surface area contributed by atoms with Gasteiger partial charge < -0.3 is 23.6 Å². The number of furan rings is 1. The van der Waals surface area contributed by atoms with Gasteiger partial charge in [-0.05, 0) is 76.8 Å². The van der Waals surface area contributed by atoms with Gasteiger partial charge in [0, 0.05) is 0 Å². The number of phenols is 1. The molecule has 0 unspecified atom stereocenters. The molecule has 0 fully saturated rings. The molecule has 0 radical (unpaired) electrons. The van der Waals surface area contributed by atoms with Gasteiger partial charge in [-0.15, -0.1) is 0 Å². The van der Waals surface area contributed by atoms with E-state index in [1.807, 2.05) is 19.9 Å². The normalized spacial score (nSPS) is 15.3. The van der Waals surface area contributed by atoms with Crippen molar-refractivity contribution >= 4 is 32.8 Å². The highest BCUT2D eigenvalue weighted by Crippen LogP contribution is 2.44. The van der Waals surface area contributed by atoms with E-state index in [1.165, 1.54) is 18.3 Å². The van der Waals surface area contributed by atoms with Crippen molar-refractivity contribution in [3.05, 3.63) is 91.1 Å². The molecule has 33 heavy (non-hydrogen) atoms. The van der Waals surface area contributed by atoms with Gasteiger partial charge in [0.1, 0.15) is 11.3 Å². The van der Waals surface area contributed by atoms with Crippen LogP contribution in [0.5, 0.6) is 11.5 Å². The maximum atomic E-state index is 13.8. The highest BCUT2D eigenvalue weighted by Gasteiger charge is 2.43. The van der Waals surface area contributed by atoms with Crippen LogP contribution in [0, 0.1) is 13.8 Å². The molecule has 3 heterocycles. The average Bonchev–Trinajstić information content (AvgIpc) is 3.38. The molecule has 1 amide bonds. The summed E-state index contributed by atoms with van der Waals surface area (Å²) in [5.74, 6) is 0.318. The molecule has 4 aromatic rings. The average molecular weight is 510 g/mol. The summed E-state index contributed by atoms with van der Waals surface area (Å²) in [5, 5.41) is 10.7. The maximum Gasteiger partial charge on any atom is 0.291 e. The predicted octanol–water partition coefficient (Wildman–Crippen LogP) is 5.22. The molecule has 0 aliphatic carbocycles. The number of benzene rings is 2. The highest BCUT2D eigenvalue weighted by atomic mass is 79.9. The van der Waals surface area contributed by atoms with Crippen LogP contribution in [0.3, 0.4) is 0 Å². The minimum Gasteiger partial charge on any atom is -0.503 e. The van der Waals surface area contributed by atoms with E-state index < -0.39 is 11.9 Å². The molecule has 0 spiro atoms. The second-order valence-corrected chi connectivity index (χ2v) is 8.96. The van der Waals surface area contributed by atoms with Crippen molar-refractivity contribution in [2.24, 2.45) is 0 Å². The summed E-state index contributed by atoms with van der Waals surface area (Å²) in [7, 11) is 1.44. The largest absolute Gasteiger partial charge is 0.503 e. The Morgan fingerprint density at radius 2 is 1.97 bits per heavy atom. The summed E-state index contributed by atoms with van der Waals surface area (Å²) >= 11 is 3.34. The Kier molecular flexibility index (Phi) is 5.05. The number of fused-ring (bicyclic) bond motifs is 2. The van der Waals surface area contributed by atoms with E-state index in [0.29, 0.717) is 26.8 Å². The molecule has 0 saturated carbocycles. The molecule has 8 heteroatoms. The molecule has 1 aliphatic rings. The predicted molar refractivity (Wildman–Crippen MR) is 125 cm³/mol. The zero-order valence-corrected chi connectivity index (χ0v) is 19.7. The lowest BCUT2D eigenvalue weighted by Gasteiger charge is -2.25. The molecule has 2 aromatic carbocycles. The Hall–Kier alpha value is -3.52. The number of hydrogen-bond donors (Lipinski definition) is 1. The van der Waals surface area contributed by atoms with E-state index in [4.69, 9.17) is 13.6 Å². The van der Waals surface area contributed by atoms with Crippen LogP contribution in [-0.2, 0) is 6.54 Å². The van der Waals surface area contributed by atoms with Gasteiger partial charge >= 0.3 is 0 Å². The van der Waals surface area contributed by atoms with Gasteiger partial charge in [-0.25, -0.2) is 0 Å². The first-order valence-electron chi connectivity index (χ1n) is 10.3. The molecule has 5 rings (SSSR count). The Morgan fingerprint density at radius 1 is 1.18 bits per heavy atom. The standard InChI is InChI=1S/C25H20BrNO6/c1-12-7-13(2)23-16(8-12)21(28)19-20(14-9-17(26)22(29)18(10-14)31-3)27(25(30)24(19)33-23)11-15-5-4-6-32-15/h4-10,20,29H,11H2,1-3H3/t20-/m0/s1. The number of methoxy groups -OCH3 is 1. The van der Waals surface area contributed by atoms with E-state index >= 15 is 0 Å². The lowest BCUT2D eigenvalue weighted by Crippen LogP contribution is -2.29. The monoisotopic (exact) mass is 509 g/mol. The number of rotatable bonds is 4. The van der Waals surface area contributed by atoms with Crippen molar-refractivity contribution in [1.29, 1.82) is 0 Å². The Morgan fingerprint density at radius 3 is 2.67 bits per heavy atom. The fourth-order valence-corrected chi connectivity index (χ4v) is 4.92. The molecular formula is C25H20BrNO6. The van der Waals surface area contributed by atoms with Gasteiger partial charge in [-0.2, -0.15) is 0 Å². The van der Waals surface area contributed by atoms with Crippen molar-refractivity contribution in [1.82, 2.24) is 4.90 Å². The second kappa shape index (κ2) is 7.81. The van der Waals surface area contributed by atoms with E-state index in [1.54, 1.807) is 30.3 Å². The third-order valence-corrected chi connectivity index (χ3v) is 6.49. The second-order valence-electron chi connectivity index (χ2n) is 8.10. The number of ether oxygens (including phenoxy) is 1. The Labute approximate surface area is 197 Å². The van der Waals surface area contributed by atoms with Crippen LogP contribution in [0.4, 0.5) is 0 Å². The zero-order valence-electron chi connectivity index (χ0n) is 18.1. The van der Waals surface area contributed by atoms with Crippen LogP contribution >= 0.6 is 15.9 Å². The van der Waals surface area contributed by atoms with Crippen molar-refractivity contribution in [2.45, 2.75) is 26.4 Å². The molecule has 7 nitrogen and oxygen atoms in total. The lowest BCUT2D eigenvalue weighted by molar-refractivity contribution is 0.0701. The summed E-state index contributed by atoms with van der Waals surface area (Å²) in [6.07, 6.45) is 1.53. The van der Waals surface area contributed by atoms with Crippen molar-refractivity contribution in [3.63, 3.8) is 0 Å². The quantitative estimate of drug-likeness (QED) is 0.405. The summed E-state index contributed by atoms with van der Waals surface area (Å²) in [6, 6.07) is 9.72. The minimum atomic E-state index is -0.759. The fraction of sp³-hybridized carbons (Fsp3) is 0.200. The number of aryl methyl sites for hydroxylation is 2. The number of aromatic hydroxyl groups is 1. The van der Waals surface area contributed by atoms with Gasteiger partial charge in [-0.3, -0.25) is 9.59 Å². The molecule has 0 bridgehead atoms. The molecule has 1 aliphatic heterocycles. The maximum absolute atomic E-state index is 13.8. The van der Waals surface area contributed by atoms with Crippen LogP contribution in [0.2, 0.25) is 0 Å². The number of nitrogens with zero attached hydrogens (tertiary/aromatic N) is 1. The number of carbonyl (C=O) groups excluding carboxylic acids is 1. The first kappa shape index (κ1) is 21.3. The molecule has 1 atom stereocenters. The molecular weight excluding hydrogens is 490 g/mol. The van der Waals surface area contributed by atoms with Gasteiger partial charge in [0.2, 0.25) is 5.76 Å². The van der Waals surface area contributed by atoms with Crippen molar-refractivity contribution < 1.29 is 23.5 Å². The Balaban J connectivity index is 1.80. The van der Waals surface area contributed by atoms with E-state index in [0.717, 1.165) is 11.1 Å². The number of phenolic OH excluding ortho intramolecular Hbond substituents is 1. The lowest BCUT2D eigenvalue weighted by atomic mass is 9.97. The van der Waals surface area contributed by atoms with E-state index in [2.05, 4.69) is 15.9 Å². The molecule has 0 saturated heterocycles.